The molecule has 0 unspecified atom stereocenters. The van der Waals surface area contributed by atoms with E-state index >= 15 is 0 Å². The van der Waals surface area contributed by atoms with Crippen LogP contribution in [0.15, 0.2) is 24.5 Å². The number of imidazole rings is 1. The van der Waals surface area contributed by atoms with Gasteiger partial charge in [-0.1, -0.05) is 13.8 Å². The van der Waals surface area contributed by atoms with Gasteiger partial charge in [0.2, 0.25) is 5.91 Å². The second-order valence-electron chi connectivity index (χ2n) is 9.87. The Hall–Kier alpha value is -2.71. The molecule has 0 radical (unpaired) electrons. The lowest BCUT2D eigenvalue weighted by molar-refractivity contribution is -0.124. The van der Waals surface area contributed by atoms with Gasteiger partial charge in [0, 0.05) is 43.2 Å². The van der Waals surface area contributed by atoms with Crippen LogP contribution in [0, 0.1) is 5.41 Å². The predicted octanol–water partition coefficient (Wildman–Crippen LogP) is 2.92. The number of nitrogens with one attached hydrogen (secondary N) is 1. The number of amides is 1. The van der Waals surface area contributed by atoms with E-state index in [2.05, 4.69) is 46.2 Å². The van der Waals surface area contributed by atoms with Crippen LogP contribution in [0.25, 0.3) is 16.9 Å². The number of carbonyl (C=O) groups excluding carboxylic acids is 1. The van der Waals surface area contributed by atoms with Crippen molar-refractivity contribution in [1.82, 2.24) is 24.5 Å². The molecule has 0 bridgehead atoms. The monoisotopic (exact) mass is 436 g/mol. The maximum atomic E-state index is 13.1. The Morgan fingerprint density at radius 1 is 1.25 bits per heavy atom. The Balaban J connectivity index is 1.39. The molecule has 3 aromatic rings. The predicted molar refractivity (Wildman–Crippen MR) is 124 cm³/mol. The average Bonchev–Trinajstić information content (AvgIpc) is 3.40. The lowest BCUT2D eigenvalue weighted by atomic mass is 9.76. The zero-order valence-corrected chi connectivity index (χ0v) is 19.4. The molecule has 170 valence electrons. The fourth-order valence-corrected chi connectivity index (χ4v) is 4.88. The van der Waals surface area contributed by atoms with Gasteiger partial charge in [-0.05, 0) is 43.7 Å². The van der Waals surface area contributed by atoms with Gasteiger partial charge >= 0.3 is 0 Å². The van der Waals surface area contributed by atoms with Gasteiger partial charge in [0.05, 0.1) is 31.1 Å². The number of likely N-dealkylation sites (N-methyl/N-ethyl adjacent to an activating group) is 1. The quantitative estimate of drug-likeness (QED) is 0.680. The minimum atomic E-state index is -0.205. The molecule has 2 aliphatic rings. The third kappa shape index (κ3) is 3.82. The first-order valence-electron chi connectivity index (χ1n) is 11.5. The summed E-state index contributed by atoms with van der Waals surface area (Å²) in [6, 6.07) is 3.86. The molecule has 0 aromatic carbocycles. The average molecular weight is 437 g/mol. The van der Waals surface area contributed by atoms with Gasteiger partial charge in [-0.15, -0.1) is 0 Å². The summed E-state index contributed by atoms with van der Waals surface area (Å²) >= 11 is 0. The van der Waals surface area contributed by atoms with E-state index in [1.54, 1.807) is 11.9 Å². The Labute approximate surface area is 188 Å². The van der Waals surface area contributed by atoms with Crippen LogP contribution in [0.4, 0.5) is 5.82 Å². The standard InChI is InChI=1S/C24H32N6O2/c1-16(29-9-11-32-12-10-29)23(31)28(4)21-15-30-14-17(5-6-20(30)25-21)22-18-7-8-24(2,3)13-19(18)26-27-22/h5-6,14-16H,7-13H2,1-4H3,(H,26,27)/t16-/m0/s1. The van der Waals surface area contributed by atoms with Crippen molar-refractivity contribution in [3.63, 3.8) is 0 Å². The third-order valence-corrected chi connectivity index (χ3v) is 7.00. The van der Waals surface area contributed by atoms with Crippen molar-refractivity contribution in [3.05, 3.63) is 35.8 Å². The Morgan fingerprint density at radius 3 is 2.81 bits per heavy atom. The lowest BCUT2D eigenvalue weighted by Crippen LogP contribution is -2.50. The van der Waals surface area contributed by atoms with E-state index in [1.807, 2.05) is 23.6 Å². The van der Waals surface area contributed by atoms with E-state index in [0.29, 0.717) is 24.4 Å². The van der Waals surface area contributed by atoms with Gasteiger partial charge < -0.3 is 9.14 Å². The summed E-state index contributed by atoms with van der Waals surface area (Å²) in [5.74, 6) is 0.692. The van der Waals surface area contributed by atoms with Gasteiger partial charge in [-0.3, -0.25) is 19.7 Å². The van der Waals surface area contributed by atoms with Crippen LogP contribution in [0.1, 0.15) is 38.4 Å². The molecule has 0 saturated carbocycles. The topological polar surface area (TPSA) is 78.8 Å². The smallest absolute Gasteiger partial charge is 0.244 e. The number of pyridine rings is 1. The number of H-pyrrole nitrogens is 1. The van der Waals surface area contributed by atoms with Gasteiger partial charge in [0.1, 0.15) is 5.65 Å². The lowest BCUT2D eigenvalue weighted by Gasteiger charge is -2.33. The Bertz CT molecular complexity index is 1140. The first-order valence-corrected chi connectivity index (χ1v) is 11.5. The van der Waals surface area contributed by atoms with Crippen molar-refractivity contribution < 1.29 is 9.53 Å². The molecule has 1 aliphatic carbocycles. The largest absolute Gasteiger partial charge is 0.379 e. The molecule has 32 heavy (non-hydrogen) atoms. The highest BCUT2D eigenvalue weighted by molar-refractivity contribution is 5.95. The van der Waals surface area contributed by atoms with Crippen molar-refractivity contribution in [2.45, 2.75) is 46.1 Å². The van der Waals surface area contributed by atoms with E-state index in [9.17, 15) is 4.79 Å². The maximum absolute atomic E-state index is 13.1. The fraction of sp³-hybridized carbons (Fsp3) is 0.542. The number of carbonyl (C=O) groups is 1. The number of aromatic nitrogens is 4. The summed E-state index contributed by atoms with van der Waals surface area (Å²) < 4.78 is 7.40. The molecule has 8 heteroatoms. The summed E-state index contributed by atoms with van der Waals surface area (Å²) in [4.78, 5) is 21.6. The van der Waals surface area contributed by atoms with Gasteiger partial charge in [-0.25, -0.2) is 4.98 Å². The summed E-state index contributed by atoms with van der Waals surface area (Å²) in [5, 5.41) is 7.92. The van der Waals surface area contributed by atoms with Crippen LogP contribution in [-0.4, -0.2) is 69.8 Å². The molecule has 1 amide bonds. The van der Waals surface area contributed by atoms with Gasteiger partial charge in [-0.2, -0.15) is 5.10 Å². The number of anilines is 1. The van der Waals surface area contributed by atoms with E-state index in [0.717, 1.165) is 49.3 Å². The van der Waals surface area contributed by atoms with E-state index in [4.69, 9.17) is 4.74 Å². The van der Waals surface area contributed by atoms with Gasteiger partial charge in [0.15, 0.2) is 5.82 Å². The van der Waals surface area contributed by atoms with E-state index < -0.39 is 0 Å². The minimum Gasteiger partial charge on any atom is -0.379 e. The molecule has 1 saturated heterocycles. The summed E-state index contributed by atoms with van der Waals surface area (Å²) in [5.41, 5.74) is 5.80. The van der Waals surface area contributed by atoms with Crippen LogP contribution in [0.2, 0.25) is 0 Å². The van der Waals surface area contributed by atoms with E-state index in [1.165, 1.54) is 11.3 Å². The summed E-state index contributed by atoms with van der Waals surface area (Å²) in [6.07, 6.45) is 7.22. The number of fused-ring (bicyclic) bond motifs is 2. The number of nitrogens with zero attached hydrogens (tertiary/aromatic N) is 5. The van der Waals surface area contributed by atoms with Crippen LogP contribution >= 0.6 is 0 Å². The number of rotatable bonds is 4. The highest BCUT2D eigenvalue weighted by Crippen LogP contribution is 2.37. The number of aromatic amines is 1. The summed E-state index contributed by atoms with van der Waals surface area (Å²) in [6.45, 7) is 9.49. The highest BCUT2D eigenvalue weighted by atomic mass is 16.5. The van der Waals surface area contributed by atoms with Crippen LogP contribution in [0.3, 0.4) is 0 Å². The first-order chi connectivity index (χ1) is 15.3. The molecular weight excluding hydrogens is 404 g/mol. The summed E-state index contributed by atoms with van der Waals surface area (Å²) in [7, 11) is 1.80. The second kappa shape index (κ2) is 8.01. The Morgan fingerprint density at radius 2 is 2.03 bits per heavy atom. The molecule has 5 rings (SSSR count). The molecule has 1 N–H and O–H groups in total. The molecule has 1 fully saturated rings. The van der Waals surface area contributed by atoms with Crippen molar-refractivity contribution >= 4 is 17.4 Å². The molecule has 0 spiro atoms. The van der Waals surface area contributed by atoms with Crippen LogP contribution < -0.4 is 4.90 Å². The molecule has 1 atom stereocenters. The number of hydrogen-bond acceptors (Lipinski definition) is 5. The molecule has 4 heterocycles. The fourth-order valence-electron chi connectivity index (χ4n) is 4.88. The molecule has 1 aliphatic heterocycles. The van der Waals surface area contributed by atoms with Crippen molar-refractivity contribution in [2.24, 2.45) is 5.41 Å². The maximum Gasteiger partial charge on any atom is 0.244 e. The van der Waals surface area contributed by atoms with E-state index in [-0.39, 0.29) is 11.9 Å². The van der Waals surface area contributed by atoms with Crippen molar-refractivity contribution in [2.75, 3.05) is 38.3 Å². The molecule has 3 aromatic heterocycles. The zero-order valence-electron chi connectivity index (χ0n) is 19.4. The normalized spacial score (nSPS) is 19.6. The number of morpholine rings is 1. The SMILES string of the molecule is C[C@@H](C(=O)N(C)c1cn2cc(-c3n[nH]c4c3CCC(C)(C)C4)ccc2n1)N1CCOCC1. The number of ether oxygens (including phenoxy) is 1. The first kappa shape index (κ1) is 21.2. The zero-order chi connectivity index (χ0) is 22.5. The second-order valence-corrected chi connectivity index (χ2v) is 9.87. The van der Waals surface area contributed by atoms with Crippen LogP contribution in [0.5, 0.6) is 0 Å². The molecule has 8 nitrogen and oxygen atoms in total. The third-order valence-electron chi connectivity index (χ3n) is 7.00. The van der Waals surface area contributed by atoms with Gasteiger partial charge in [0.25, 0.3) is 0 Å². The van der Waals surface area contributed by atoms with Crippen molar-refractivity contribution in [1.29, 1.82) is 0 Å². The van der Waals surface area contributed by atoms with Crippen molar-refractivity contribution in [3.8, 4) is 11.3 Å². The minimum absolute atomic E-state index is 0.0412. The molecular formula is C24H32N6O2. The highest BCUT2D eigenvalue weighted by Gasteiger charge is 2.30. The van der Waals surface area contributed by atoms with Crippen LogP contribution in [-0.2, 0) is 22.4 Å². The number of hydrogen-bond donors (Lipinski definition) is 1. The Kier molecular flexibility index (Phi) is 5.29.